The van der Waals surface area contributed by atoms with Crippen LogP contribution in [0, 0.1) is 11.8 Å². The second-order valence-corrected chi connectivity index (χ2v) is 4.17. The van der Waals surface area contributed by atoms with Crippen LogP contribution in [0.5, 0.6) is 0 Å². The largest absolute Gasteiger partial charge is 0.356 e. The summed E-state index contributed by atoms with van der Waals surface area (Å²) in [6.07, 6.45) is 1.31. The van der Waals surface area contributed by atoms with Gasteiger partial charge in [-0.25, -0.2) is 0 Å². The van der Waals surface area contributed by atoms with E-state index in [1.807, 2.05) is 27.7 Å². The van der Waals surface area contributed by atoms with Crippen molar-refractivity contribution in [3.05, 3.63) is 0 Å². The predicted octanol–water partition coefficient (Wildman–Crippen LogP) is 2.40. The molecule has 1 amide bonds. The Morgan fingerprint density at radius 3 is 2.00 bits per heavy atom. The molecular formula is C12H25NO2. The Morgan fingerprint density at radius 1 is 1.07 bits per heavy atom. The average Bonchev–Trinajstić information content (AvgIpc) is 2.11. The Balaban J connectivity index is 0. The minimum atomic E-state index is 0. The SMILES string of the molecule is C.CC(C)C(=O)CCCNC(=O)C(C)C. The summed E-state index contributed by atoms with van der Waals surface area (Å²) in [6.45, 7) is 8.11. The Labute approximate surface area is 93.6 Å². The average molecular weight is 215 g/mol. The molecule has 0 unspecified atom stereocenters. The second-order valence-electron chi connectivity index (χ2n) is 4.17. The van der Waals surface area contributed by atoms with Crippen molar-refractivity contribution in [2.24, 2.45) is 11.8 Å². The van der Waals surface area contributed by atoms with Gasteiger partial charge in [0.1, 0.15) is 5.78 Å². The number of nitrogens with one attached hydrogen (secondary N) is 1. The lowest BCUT2D eigenvalue weighted by atomic mass is 10.0. The van der Waals surface area contributed by atoms with Crippen molar-refractivity contribution in [3.63, 3.8) is 0 Å². The monoisotopic (exact) mass is 215 g/mol. The van der Waals surface area contributed by atoms with Crippen LogP contribution in [0.15, 0.2) is 0 Å². The molecule has 15 heavy (non-hydrogen) atoms. The number of hydrogen-bond acceptors (Lipinski definition) is 2. The van der Waals surface area contributed by atoms with E-state index < -0.39 is 0 Å². The number of rotatable bonds is 6. The van der Waals surface area contributed by atoms with Crippen LogP contribution in [-0.4, -0.2) is 18.2 Å². The molecule has 3 heteroatoms. The minimum absolute atomic E-state index is 0. The molecule has 0 heterocycles. The molecule has 90 valence electrons. The number of carbonyl (C=O) groups is 2. The van der Waals surface area contributed by atoms with Gasteiger partial charge in [0.15, 0.2) is 0 Å². The van der Waals surface area contributed by atoms with E-state index in [2.05, 4.69) is 5.32 Å². The van der Waals surface area contributed by atoms with Crippen LogP contribution in [0.4, 0.5) is 0 Å². The summed E-state index contributed by atoms with van der Waals surface area (Å²) < 4.78 is 0. The molecule has 0 rings (SSSR count). The highest BCUT2D eigenvalue weighted by Gasteiger charge is 2.08. The quantitative estimate of drug-likeness (QED) is 0.692. The number of hydrogen-bond donors (Lipinski definition) is 1. The Kier molecular flexibility index (Phi) is 9.33. The molecule has 0 aromatic carbocycles. The Bertz CT molecular complexity index is 176. The number of Topliss-reactive ketones (excluding diaryl/α,β-unsaturated/α-hetero) is 1. The summed E-state index contributed by atoms with van der Waals surface area (Å²) in [4.78, 5) is 22.3. The summed E-state index contributed by atoms with van der Waals surface area (Å²) in [7, 11) is 0. The van der Waals surface area contributed by atoms with E-state index in [-0.39, 0.29) is 31.0 Å². The van der Waals surface area contributed by atoms with Gasteiger partial charge in [-0.1, -0.05) is 35.1 Å². The predicted molar refractivity (Wildman–Crippen MR) is 63.7 cm³/mol. The van der Waals surface area contributed by atoms with Gasteiger partial charge in [-0.3, -0.25) is 9.59 Å². The molecule has 0 fully saturated rings. The van der Waals surface area contributed by atoms with Gasteiger partial charge >= 0.3 is 0 Å². The maximum atomic E-state index is 11.2. The molecule has 3 nitrogen and oxygen atoms in total. The molecular weight excluding hydrogens is 190 g/mol. The standard InChI is InChI=1S/C11H21NO2.CH4/c1-8(2)10(13)6-5-7-12-11(14)9(3)4;/h8-9H,5-7H2,1-4H3,(H,12,14);1H4. The van der Waals surface area contributed by atoms with Crippen LogP contribution in [0.3, 0.4) is 0 Å². The van der Waals surface area contributed by atoms with Crippen LogP contribution >= 0.6 is 0 Å². The van der Waals surface area contributed by atoms with Gasteiger partial charge in [0.05, 0.1) is 0 Å². The van der Waals surface area contributed by atoms with Crippen molar-refractivity contribution < 1.29 is 9.59 Å². The van der Waals surface area contributed by atoms with Gasteiger partial charge in [0.2, 0.25) is 5.91 Å². The summed E-state index contributed by atoms with van der Waals surface area (Å²) in [6, 6.07) is 0. The summed E-state index contributed by atoms with van der Waals surface area (Å²) in [5.74, 6) is 0.456. The number of amides is 1. The van der Waals surface area contributed by atoms with Gasteiger partial charge in [-0.05, 0) is 6.42 Å². The van der Waals surface area contributed by atoms with Crippen molar-refractivity contribution in [3.8, 4) is 0 Å². The first-order chi connectivity index (χ1) is 6.45. The normalized spacial score (nSPS) is 10.0. The van der Waals surface area contributed by atoms with E-state index in [1.54, 1.807) is 0 Å². The van der Waals surface area contributed by atoms with Gasteiger partial charge < -0.3 is 5.32 Å². The zero-order valence-corrected chi connectivity index (χ0v) is 9.59. The van der Waals surface area contributed by atoms with E-state index in [1.165, 1.54) is 0 Å². The van der Waals surface area contributed by atoms with E-state index in [0.717, 1.165) is 6.42 Å². The van der Waals surface area contributed by atoms with E-state index in [4.69, 9.17) is 0 Å². The van der Waals surface area contributed by atoms with Crippen LogP contribution < -0.4 is 5.32 Å². The first-order valence-corrected chi connectivity index (χ1v) is 5.25. The molecule has 0 aliphatic heterocycles. The van der Waals surface area contributed by atoms with Gasteiger partial charge in [-0.2, -0.15) is 0 Å². The third kappa shape index (κ3) is 8.16. The summed E-state index contributed by atoms with van der Waals surface area (Å²) in [5.41, 5.74) is 0. The lowest BCUT2D eigenvalue weighted by Gasteiger charge is -2.07. The van der Waals surface area contributed by atoms with Gasteiger partial charge in [0, 0.05) is 24.8 Å². The minimum Gasteiger partial charge on any atom is -0.356 e. The summed E-state index contributed by atoms with van der Waals surface area (Å²) >= 11 is 0. The molecule has 0 spiro atoms. The highest BCUT2D eigenvalue weighted by atomic mass is 16.1. The molecule has 0 saturated heterocycles. The van der Waals surface area contributed by atoms with Crippen molar-refractivity contribution in [2.75, 3.05) is 6.54 Å². The molecule has 1 N–H and O–H groups in total. The van der Waals surface area contributed by atoms with Crippen LogP contribution in [0.2, 0.25) is 0 Å². The Hall–Kier alpha value is -0.860. The number of carbonyl (C=O) groups excluding carboxylic acids is 2. The molecule has 0 radical (unpaired) electrons. The lowest BCUT2D eigenvalue weighted by molar-refractivity contribution is -0.125. The third-order valence-electron chi connectivity index (χ3n) is 2.07. The highest BCUT2D eigenvalue weighted by molar-refractivity contribution is 5.80. The molecule has 0 bridgehead atoms. The molecule has 0 aliphatic carbocycles. The zero-order valence-electron chi connectivity index (χ0n) is 9.59. The van der Waals surface area contributed by atoms with Crippen molar-refractivity contribution in [1.82, 2.24) is 5.32 Å². The smallest absolute Gasteiger partial charge is 0.222 e. The fourth-order valence-corrected chi connectivity index (χ4v) is 0.967. The van der Waals surface area contributed by atoms with E-state index >= 15 is 0 Å². The Morgan fingerprint density at radius 2 is 1.60 bits per heavy atom. The lowest BCUT2D eigenvalue weighted by Crippen LogP contribution is -2.29. The maximum absolute atomic E-state index is 11.2. The van der Waals surface area contributed by atoms with Gasteiger partial charge in [-0.15, -0.1) is 0 Å². The maximum Gasteiger partial charge on any atom is 0.222 e. The molecule has 0 atom stereocenters. The molecule has 0 aromatic heterocycles. The number of ketones is 1. The van der Waals surface area contributed by atoms with Crippen molar-refractivity contribution >= 4 is 11.7 Å². The first-order valence-electron chi connectivity index (χ1n) is 5.25. The first kappa shape index (κ1) is 16.6. The van der Waals surface area contributed by atoms with Gasteiger partial charge in [0.25, 0.3) is 0 Å². The summed E-state index contributed by atoms with van der Waals surface area (Å²) in [5, 5.41) is 2.79. The van der Waals surface area contributed by atoms with Crippen LogP contribution in [-0.2, 0) is 9.59 Å². The van der Waals surface area contributed by atoms with E-state index in [9.17, 15) is 9.59 Å². The van der Waals surface area contributed by atoms with E-state index in [0.29, 0.717) is 13.0 Å². The second kappa shape index (κ2) is 8.45. The highest BCUT2D eigenvalue weighted by Crippen LogP contribution is 2.01. The third-order valence-corrected chi connectivity index (χ3v) is 2.07. The van der Waals surface area contributed by atoms with Crippen LogP contribution in [0.25, 0.3) is 0 Å². The van der Waals surface area contributed by atoms with Crippen LogP contribution in [0.1, 0.15) is 48.0 Å². The van der Waals surface area contributed by atoms with Crippen molar-refractivity contribution in [1.29, 1.82) is 0 Å². The molecule has 0 saturated carbocycles. The van der Waals surface area contributed by atoms with Crippen molar-refractivity contribution in [2.45, 2.75) is 48.0 Å². The zero-order chi connectivity index (χ0) is 11.1. The fourth-order valence-electron chi connectivity index (χ4n) is 0.967. The fraction of sp³-hybridized carbons (Fsp3) is 0.833. The molecule has 0 aromatic rings. The topological polar surface area (TPSA) is 46.2 Å². The molecule has 0 aliphatic rings.